The molecule has 0 saturated heterocycles. The number of hydrogen-bond donors (Lipinski definition) is 0. The molecule has 16 heavy (non-hydrogen) atoms. The third-order valence-electron chi connectivity index (χ3n) is 2.84. The molecule has 0 fully saturated rings. The van der Waals surface area contributed by atoms with Crippen molar-refractivity contribution < 1.29 is 0 Å². The van der Waals surface area contributed by atoms with Crippen LogP contribution in [-0.4, -0.2) is 9.55 Å². The van der Waals surface area contributed by atoms with Gasteiger partial charge in [0.2, 0.25) is 0 Å². The molecular formula is C14H12N2. The Morgan fingerprint density at radius 3 is 2.56 bits per heavy atom. The van der Waals surface area contributed by atoms with Crippen molar-refractivity contribution in [2.75, 3.05) is 0 Å². The number of benzene rings is 2. The lowest BCUT2D eigenvalue weighted by molar-refractivity contribution is 0.948. The van der Waals surface area contributed by atoms with Gasteiger partial charge in [-0.05, 0) is 11.6 Å². The van der Waals surface area contributed by atoms with Crippen molar-refractivity contribution in [2.24, 2.45) is 7.05 Å². The minimum absolute atomic E-state index is 1.07. The molecule has 0 radical (unpaired) electrons. The van der Waals surface area contributed by atoms with E-state index in [0.29, 0.717) is 0 Å². The first-order valence-electron chi connectivity index (χ1n) is 5.32. The van der Waals surface area contributed by atoms with Crippen molar-refractivity contribution in [3.8, 4) is 11.1 Å². The van der Waals surface area contributed by atoms with Crippen LogP contribution in [0.1, 0.15) is 0 Å². The largest absolute Gasteiger partial charge is 0.334 e. The average Bonchev–Trinajstić information content (AvgIpc) is 2.73. The van der Waals surface area contributed by atoms with E-state index in [1.54, 1.807) is 0 Å². The van der Waals surface area contributed by atoms with E-state index in [1.807, 2.05) is 24.0 Å². The van der Waals surface area contributed by atoms with Crippen molar-refractivity contribution in [3.05, 3.63) is 54.9 Å². The number of imidazole rings is 1. The Labute approximate surface area is 94.2 Å². The minimum Gasteiger partial charge on any atom is -0.334 e. The van der Waals surface area contributed by atoms with Gasteiger partial charge in [0, 0.05) is 12.6 Å². The van der Waals surface area contributed by atoms with Crippen LogP contribution >= 0.6 is 0 Å². The quantitative estimate of drug-likeness (QED) is 0.600. The van der Waals surface area contributed by atoms with E-state index in [-0.39, 0.29) is 0 Å². The third-order valence-corrected chi connectivity index (χ3v) is 2.84. The lowest BCUT2D eigenvalue weighted by Gasteiger charge is -2.02. The molecular weight excluding hydrogens is 196 g/mol. The smallest absolute Gasteiger partial charge is 0.0962 e. The number of para-hydroxylation sites is 1. The summed E-state index contributed by atoms with van der Waals surface area (Å²) in [5.74, 6) is 0. The van der Waals surface area contributed by atoms with Gasteiger partial charge in [-0.25, -0.2) is 4.98 Å². The van der Waals surface area contributed by atoms with Gasteiger partial charge in [0.15, 0.2) is 0 Å². The molecule has 0 spiro atoms. The van der Waals surface area contributed by atoms with Gasteiger partial charge in [0.25, 0.3) is 0 Å². The molecule has 1 aromatic heterocycles. The van der Waals surface area contributed by atoms with E-state index >= 15 is 0 Å². The Bertz CT molecular complexity index is 624. The van der Waals surface area contributed by atoms with Gasteiger partial charge in [-0.2, -0.15) is 0 Å². The van der Waals surface area contributed by atoms with E-state index in [9.17, 15) is 0 Å². The topological polar surface area (TPSA) is 17.8 Å². The highest BCUT2D eigenvalue weighted by molar-refractivity contribution is 5.91. The van der Waals surface area contributed by atoms with E-state index in [0.717, 1.165) is 5.52 Å². The summed E-state index contributed by atoms with van der Waals surface area (Å²) in [6.07, 6.45) is 1.86. The highest BCUT2D eigenvalue weighted by atomic mass is 15.0. The molecule has 0 aliphatic carbocycles. The summed E-state index contributed by atoms with van der Waals surface area (Å²) in [5.41, 5.74) is 4.64. The zero-order valence-corrected chi connectivity index (χ0v) is 9.09. The summed E-state index contributed by atoms with van der Waals surface area (Å²) >= 11 is 0. The average molecular weight is 208 g/mol. The molecule has 2 heteroatoms. The predicted molar refractivity (Wildman–Crippen MR) is 66.2 cm³/mol. The number of hydrogen-bond acceptors (Lipinski definition) is 1. The molecule has 0 aliphatic heterocycles. The van der Waals surface area contributed by atoms with Gasteiger partial charge < -0.3 is 4.57 Å². The SMILES string of the molecule is Cn1cnc2c(-c3ccccc3)cccc21. The number of aryl methyl sites for hydroxylation is 1. The fraction of sp³-hybridized carbons (Fsp3) is 0.0714. The van der Waals surface area contributed by atoms with Crippen LogP contribution in [0.15, 0.2) is 54.9 Å². The van der Waals surface area contributed by atoms with Crippen molar-refractivity contribution >= 4 is 11.0 Å². The molecule has 2 aromatic carbocycles. The second-order valence-corrected chi connectivity index (χ2v) is 3.89. The first-order valence-corrected chi connectivity index (χ1v) is 5.32. The van der Waals surface area contributed by atoms with E-state index < -0.39 is 0 Å². The molecule has 0 amide bonds. The molecule has 0 N–H and O–H groups in total. The van der Waals surface area contributed by atoms with Crippen molar-refractivity contribution in [3.63, 3.8) is 0 Å². The molecule has 0 unspecified atom stereocenters. The minimum atomic E-state index is 1.07. The summed E-state index contributed by atoms with van der Waals surface area (Å²) < 4.78 is 2.04. The second kappa shape index (κ2) is 3.49. The first kappa shape index (κ1) is 9.16. The Hall–Kier alpha value is -2.09. The third kappa shape index (κ3) is 1.31. The van der Waals surface area contributed by atoms with Gasteiger partial charge >= 0.3 is 0 Å². The molecule has 2 nitrogen and oxygen atoms in total. The standard InChI is InChI=1S/C14H12N2/c1-16-10-15-14-12(8-5-9-13(14)16)11-6-3-2-4-7-11/h2-10H,1H3. The van der Waals surface area contributed by atoms with Crippen LogP contribution in [0.4, 0.5) is 0 Å². The Morgan fingerprint density at radius 1 is 0.938 bits per heavy atom. The van der Waals surface area contributed by atoms with Gasteiger partial charge in [0.05, 0.1) is 17.4 Å². The van der Waals surface area contributed by atoms with Crippen LogP contribution in [0.2, 0.25) is 0 Å². The molecule has 1 heterocycles. The molecule has 0 bridgehead atoms. The van der Waals surface area contributed by atoms with E-state index in [1.165, 1.54) is 16.6 Å². The Balaban J connectivity index is 2.32. The van der Waals surface area contributed by atoms with Crippen LogP contribution < -0.4 is 0 Å². The number of fused-ring (bicyclic) bond motifs is 1. The van der Waals surface area contributed by atoms with Gasteiger partial charge in [-0.3, -0.25) is 0 Å². The zero-order valence-electron chi connectivity index (χ0n) is 9.09. The molecule has 0 atom stereocenters. The van der Waals surface area contributed by atoms with Crippen molar-refractivity contribution in [1.29, 1.82) is 0 Å². The Morgan fingerprint density at radius 2 is 1.75 bits per heavy atom. The molecule has 0 aliphatic rings. The lowest BCUT2D eigenvalue weighted by atomic mass is 10.0. The highest BCUT2D eigenvalue weighted by Crippen LogP contribution is 2.26. The molecule has 0 saturated carbocycles. The Kier molecular flexibility index (Phi) is 2.00. The van der Waals surface area contributed by atoms with E-state index in [4.69, 9.17) is 0 Å². The summed E-state index contributed by atoms with van der Waals surface area (Å²) in [5, 5.41) is 0. The van der Waals surface area contributed by atoms with Crippen molar-refractivity contribution in [1.82, 2.24) is 9.55 Å². The zero-order chi connectivity index (χ0) is 11.0. The normalized spacial score (nSPS) is 10.8. The van der Waals surface area contributed by atoms with Gasteiger partial charge in [-0.1, -0.05) is 42.5 Å². The summed E-state index contributed by atoms with van der Waals surface area (Å²) in [6, 6.07) is 16.6. The van der Waals surface area contributed by atoms with Gasteiger partial charge in [-0.15, -0.1) is 0 Å². The molecule has 3 aromatic rings. The van der Waals surface area contributed by atoms with Crippen LogP contribution in [0.3, 0.4) is 0 Å². The van der Waals surface area contributed by atoms with Crippen LogP contribution in [0, 0.1) is 0 Å². The fourth-order valence-electron chi connectivity index (χ4n) is 2.01. The second-order valence-electron chi connectivity index (χ2n) is 3.89. The van der Waals surface area contributed by atoms with Crippen LogP contribution in [0.5, 0.6) is 0 Å². The van der Waals surface area contributed by atoms with Crippen LogP contribution in [-0.2, 0) is 7.05 Å². The number of nitrogens with zero attached hydrogens (tertiary/aromatic N) is 2. The number of aromatic nitrogens is 2. The maximum Gasteiger partial charge on any atom is 0.0962 e. The summed E-state index contributed by atoms with van der Waals surface area (Å²) in [4.78, 5) is 4.46. The fourth-order valence-corrected chi connectivity index (χ4v) is 2.01. The first-order chi connectivity index (χ1) is 7.86. The van der Waals surface area contributed by atoms with E-state index in [2.05, 4.69) is 47.4 Å². The highest BCUT2D eigenvalue weighted by Gasteiger charge is 2.06. The summed E-state index contributed by atoms with van der Waals surface area (Å²) in [6.45, 7) is 0. The predicted octanol–water partition coefficient (Wildman–Crippen LogP) is 3.24. The number of rotatable bonds is 1. The maximum atomic E-state index is 4.46. The molecule has 78 valence electrons. The lowest BCUT2D eigenvalue weighted by Crippen LogP contribution is -1.84. The van der Waals surface area contributed by atoms with Gasteiger partial charge in [0.1, 0.15) is 0 Å². The molecule has 3 rings (SSSR count). The van der Waals surface area contributed by atoms with Crippen LogP contribution in [0.25, 0.3) is 22.2 Å². The maximum absolute atomic E-state index is 4.46. The summed E-state index contributed by atoms with van der Waals surface area (Å²) in [7, 11) is 2.02. The van der Waals surface area contributed by atoms with Crippen molar-refractivity contribution in [2.45, 2.75) is 0 Å². The monoisotopic (exact) mass is 208 g/mol.